The number of anilines is 2. The van der Waals surface area contributed by atoms with E-state index in [9.17, 15) is 0 Å². The van der Waals surface area contributed by atoms with Gasteiger partial charge in [-0.1, -0.05) is 44.2 Å². The molecule has 0 amide bonds. The smallest absolute Gasteiger partial charge is 0.0580 e. The van der Waals surface area contributed by atoms with Gasteiger partial charge in [-0.25, -0.2) is 0 Å². The Kier molecular flexibility index (Phi) is 3.13. The van der Waals surface area contributed by atoms with E-state index in [2.05, 4.69) is 34.9 Å². The largest absolute Gasteiger partial charge is 0.380 e. The van der Waals surface area contributed by atoms with Gasteiger partial charge in [0.25, 0.3) is 0 Å². The van der Waals surface area contributed by atoms with Crippen LogP contribution in [0.4, 0.5) is 11.4 Å². The second-order valence-electron chi connectivity index (χ2n) is 7.03. The third-order valence-electron chi connectivity index (χ3n) is 5.87. The quantitative estimate of drug-likeness (QED) is 0.708. The van der Waals surface area contributed by atoms with Gasteiger partial charge in [-0.05, 0) is 37.8 Å². The maximum Gasteiger partial charge on any atom is 0.0580 e. The van der Waals surface area contributed by atoms with Gasteiger partial charge in [0, 0.05) is 17.5 Å². The summed E-state index contributed by atoms with van der Waals surface area (Å²) in [6, 6.07) is 9.51. The van der Waals surface area contributed by atoms with Crippen LogP contribution in [-0.4, -0.2) is 11.6 Å². The summed E-state index contributed by atoms with van der Waals surface area (Å²) >= 11 is 0. The zero-order valence-electron chi connectivity index (χ0n) is 12.3. The molecule has 2 nitrogen and oxygen atoms in total. The van der Waals surface area contributed by atoms with Gasteiger partial charge >= 0.3 is 0 Å². The van der Waals surface area contributed by atoms with Gasteiger partial charge in [-0.15, -0.1) is 0 Å². The summed E-state index contributed by atoms with van der Waals surface area (Å²) in [7, 11) is 0. The van der Waals surface area contributed by atoms with Crippen molar-refractivity contribution in [1.82, 2.24) is 0 Å². The zero-order valence-corrected chi connectivity index (χ0v) is 12.3. The van der Waals surface area contributed by atoms with E-state index < -0.39 is 0 Å². The lowest BCUT2D eigenvalue weighted by Gasteiger charge is -2.48. The number of para-hydroxylation sites is 2. The highest BCUT2D eigenvalue weighted by Gasteiger charge is 2.46. The third-order valence-corrected chi connectivity index (χ3v) is 5.87. The SMILES string of the molecule is c1ccc2c(c1)N[C@H]1CCCC[C@@H]1C1(CCCCC1)N2. The van der Waals surface area contributed by atoms with Crippen molar-refractivity contribution >= 4 is 11.4 Å². The molecule has 2 heteroatoms. The van der Waals surface area contributed by atoms with Gasteiger partial charge in [0.2, 0.25) is 0 Å². The zero-order chi connectivity index (χ0) is 13.4. The van der Waals surface area contributed by atoms with Crippen molar-refractivity contribution in [2.24, 2.45) is 5.92 Å². The fourth-order valence-corrected chi connectivity index (χ4v) is 4.92. The molecular weight excluding hydrogens is 244 g/mol. The molecule has 2 saturated carbocycles. The number of nitrogens with one attached hydrogen (secondary N) is 2. The Morgan fingerprint density at radius 1 is 0.850 bits per heavy atom. The molecule has 0 radical (unpaired) electrons. The van der Waals surface area contributed by atoms with Crippen molar-refractivity contribution in [2.75, 3.05) is 10.6 Å². The number of benzene rings is 1. The lowest BCUT2D eigenvalue weighted by molar-refractivity contribution is 0.163. The molecule has 1 spiro atoms. The minimum atomic E-state index is 0.364. The van der Waals surface area contributed by atoms with Gasteiger partial charge in [0.1, 0.15) is 0 Å². The number of rotatable bonds is 0. The Morgan fingerprint density at radius 3 is 2.45 bits per heavy atom. The molecule has 3 aliphatic rings. The van der Waals surface area contributed by atoms with Gasteiger partial charge in [-0.2, -0.15) is 0 Å². The summed E-state index contributed by atoms with van der Waals surface area (Å²) < 4.78 is 0. The van der Waals surface area contributed by atoms with Crippen LogP contribution in [0.5, 0.6) is 0 Å². The van der Waals surface area contributed by atoms with E-state index in [0.717, 1.165) is 5.92 Å². The molecule has 0 saturated heterocycles. The molecule has 4 rings (SSSR count). The first-order chi connectivity index (χ1) is 9.87. The van der Waals surface area contributed by atoms with Crippen LogP contribution in [0.1, 0.15) is 57.8 Å². The normalized spacial score (nSPS) is 31.4. The monoisotopic (exact) mass is 270 g/mol. The first kappa shape index (κ1) is 12.6. The van der Waals surface area contributed by atoms with Crippen molar-refractivity contribution in [2.45, 2.75) is 69.4 Å². The Labute approximate surface area is 122 Å². The molecule has 2 aliphatic carbocycles. The maximum atomic E-state index is 4.01. The van der Waals surface area contributed by atoms with Gasteiger partial charge in [-0.3, -0.25) is 0 Å². The van der Waals surface area contributed by atoms with Crippen LogP contribution in [0.25, 0.3) is 0 Å². The van der Waals surface area contributed by atoms with Crippen LogP contribution in [0.15, 0.2) is 24.3 Å². The van der Waals surface area contributed by atoms with Crippen LogP contribution in [0.2, 0.25) is 0 Å². The molecule has 1 heterocycles. The predicted octanol–water partition coefficient (Wildman–Crippen LogP) is 4.79. The minimum absolute atomic E-state index is 0.364. The molecule has 1 aliphatic heterocycles. The molecule has 2 N–H and O–H groups in total. The predicted molar refractivity (Wildman–Crippen MR) is 85.2 cm³/mol. The standard InChI is InChI=1S/C18H26N2/c1-6-12-18(13-7-1)14-8-2-3-9-15(14)19-16-10-4-5-11-17(16)20-18/h4-5,10-11,14-15,19-20H,1-3,6-9,12-13H2/t14-,15-/m0/s1. The molecule has 2 atom stereocenters. The average molecular weight is 270 g/mol. The van der Waals surface area contributed by atoms with Gasteiger partial charge in [0.05, 0.1) is 11.4 Å². The van der Waals surface area contributed by atoms with Crippen molar-refractivity contribution < 1.29 is 0 Å². The van der Waals surface area contributed by atoms with Crippen molar-refractivity contribution in [3.8, 4) is 0 Å². The van der Waals surface area contributed by atoms with Gasteiger partial charge in [0.15, 0.2) is 0 Å². The summed E-state index contributed by atoms with van der Waals surface area (Å²) in [6.45, 7) is 0. The molecule has 20 heavy (non-hydrogen) atoms. The topological polar surface area (TPSA) is 24.1 Å². The fourth-order valence-electron chi connectivity index (χ4n) is 4.92. The summed E-state index contributed by atoms with van der Waals surface area (Å²) in [5, 5.41) is 7.88. The van der Waals surface area contributed by atoms with Crippen molar-refractivity contribution in [1.29, 1.82) is 0 Å². The van der Waals surface area contributed by atoms with Crippen molar-refractivity contribution in [3.63, 3.8) is 0 Å². The molecule has 2 fully saturated rings. The van der Waals surface area contributed by atoms with Crippen LogP contribution in [0.3, 0.4) is 0 Å². The lowest BCUT2D eigenvalue weighted by atomic mass is 9.65. The highest BCUT2D eigenvalue weighted by atomic mass is 15.1. The van der Waals surface area contributed by atoms with E-state index in [1.54, 1.807) is 0 Å². The van der Waals surface area contributed by atoms with E-state index >= 15 is 0 Å². The Hall–Kier alpha value is -1.18. The molecular formula is C18H26N2. The first-order valence-electron chi connectivity index (χ1n) is 8.51. The average Bonchev–Trinajstić information content (AvgIpc) is 2.63. The lowest BCUT2D eigenvalue weighted by Crippen LogP contribution is -2.52. The fraction of sp³-hybridized carbons (Fsp3) is 0.667. The summed E-state index contributed by atoms with van der Waals surface area (Å²) in [6.07, 6.45) is 12.5. The molecule has 0 aromatic heterocycles. The van der Waals surface area contributed by atoms with Crippen LogP contribution in [0, 0.1) is 5.92 Å². The maximum absolute atomic E-state index is 4.01. The first-order valence-corrected chi connectivity index (χ1v) is 8.51. The Morgan fingerprint density at radius 2 is 1.60 bits per heavy atom. The Bertz CT molecular complexity index is 476. The van der Waals surface area contributed by atoms with E-state index in [4.69, 9.17) is 0 Å². The molecule has 1 aromatic carbocycles. The van der Waals surface area contributed by atoms with E-state index in [1.165, 1.54) is 69.2 Å². The highest BCUT2D eigenvalue weighted by Crippen LogP contribution is 2.47. The number of hydrogen-bond acceptors (Lipinski definition) is 2. The molecule has 1 aromatic rings. The summed E-state index contributed by atoms with van der Waals surface area (Å²) in [5.74, 6) is 0.809. The van der Waals surface area contributed by atoms with E-state index in [-0.39, 0.29) is 0 Å². The van der Waals surface area contributed by atoms with Gasteiger partial charge < -0.3 is 10.6 Å². The molecule has 0 unspecified atom stereocenters. The van der Waals surface area contributed by atoms with Crippen LogP contribution < -0.4 is 10.6 Å². The van der Waals surface area contributed by atoms with Crippen LogP contribution >= 0.6 is 0 Å². The number of fused-ring (bicyclic) bond motifs is 3. The third kappa shape index (κ3) is 2.01. The Balaban J connectivity index is 1.76. The second-order valence-corrected chi connectivity index (χ2v) is 7.03. The molecule has 108 valence electrons. The second kappa shape index (κ2) is 4.98. The van der Waals surface area contributed by atoms with E-state index in [1.807, 2.05) is 0 Å². The summed E-state index contributed by atoms with van der Waals surface area (Å²) in [5.41, 5.74) is 3.03. The van der Waals surface area contributed by atoms with Crippen LogP contribution in [-0.2, 0) is 0 Å². The summed E-state index contributed by atoms with van der Waals surface area (Å²) in [4.78, 5) is 0. The van der Waals surface area contributed by atoms with Crippen molar-refractivity contribution in [3.05, 3.63) is 24.3 Å². The van der Waals surface area contributed by atoms with E-state index in [0.29, 0.717) is 11.6 Å². The number of hydrogen-bond donors (Lipinski definition) is 2. The molecule has 0 bridgehead atoms. The highest BCUT2D eigenvalue weighted by molar-refractivity contribution is 5.71. The minimum Gasteiger partial charge on any atom is -0.380 e.